The van der Waals surface area contributed by atoms with Crippen LogP contribution in [0, 0.1) is 11.8 Å². The number of aromatic nitrogens is 2. The predicted molar refractivity (Wildman–Crippen MR) is 156 cm³/mol. The molecule has 5 heteroatoms. The quantitative estimate of drug-likeness (QED) is 0.487. The molecule has 4 bridgehead atoms. The molecule has 0 radical (unpaired) electrons. The van der Waals surface area contributed by atoms with E-state index < -0.39 is 0 Å². The van der Waals surface area contributed by atoms with Gasteiger partial charge in [0.1, 0.15) is 5.82 Å². The van der Waals surface area contributed by atoms with Gasteiger partial charge in [0.2, 0.25) is 0 Å². The first-order valence-corrected chi connectivity index (χ1v) is 16.0. The van der Waals surface area contributed by atoms with Gasteiger partial charge in [-0.05, 0) is 88.3 Å². The van der Waals surface area contributed by atoms with E-state index in [1.54, 1.807) is 0 Å². The van der Waals surface area contributed by atoms with Crippen LogP contribution in [0.25, 0.3) is 11.0 Å². The van der Waals surface area contributed by atoms with Crippen LogP contribution in [-0.4, -0.2) is 57.1 Å². The summed E-state index contributed by atoms with van der Waals surface area (Å²) in [5.74, 6) is 3.83. The molecule has 2 N–H and O–H groups in total. The van der Waals surface area contributed by atoms with Crippen molar-refractivity contribution in [3.8, 4) is 0 Å². The van der Waals surface area contributed by atoms with Crippen molar-refractivity contribution in [3.63, 3.8) is 0 Å². The highest BCUT2D eigenvalue weighted by atomic mass is 15.3. The molecule has 2 aromatic rings. The number of para-hydroxylation sites is 2. The Hall–Kier alpha value is -1.85. The van der Waals surface area contributed by atoms with Crippen LogP contribution in [0.15, 0.2) is 36.5 Å². The molecule has 3 saturated heterocycles. The van der Waals surface area contributed by atoms with Gasteiger partial charge >= 0.3 is 0 Å². The highest BCUT2D eigenvalue weighted by molar-refractivity contribution is 5.76. The van der Waals surface area contributed by atoms with E-state index in [0.29, 0.717) is 12.0 Å². The Bertz CT molecular complexity index is 1110. The molecule has 2 aliphatic carbocycles. The van der Waals surface area contributed by atoms with Crippen LogP contribution in [0.5, 0.6) is 0 Å². The first-order chi connectivity index (χ1) is 18.6. The van der Waals surface area contributed by atoms with Gasteiger partial charge in [-0.1, -0.05) is 50.8 Å². The number of hydrogen-bond acceptors (Lipinski definition) is 4. The third-order valence-electron chi connectivity index (χ3n) is 11.1. The van der Waals surface area contributed by atoms with Gasteiger partial charge in [0, 0.05) is 48.9 Å². The Morgan fingerprint density at radius 3 is 2.29 bits per heavy atom. The van der Waals surface area contributed by atoms with E-state index >= 15 is 0 Å². The van der Waals surface area contributed by atoms with E-state index in [0.717, 1.165) is 55.3 Å². The van der Waals surface area contributed by atoms with Crippen LogP contribution in [0.2, 0.25) is 0 Å². The molecule has 2 saturated carbocycles. The normalized spacial score (nSPS) is 36.7. The van der Waals surface area contributed by atoms with Gasteiger partial charge in [-0.3, -0.25) is 9.80 Å². The van der Waals surface area contributed by atoms with Crippen LogP contribution >= 0.6 is 0 Å². The maximum absolute atomic E-state index is 6.02. The highest BCUT2D eigenvalue weighted by Gasteiger charge is 2.45. The molecule has 3 aliphatic heterocycles. The second-order valence-corrected chi connectivity index (χ2v) is 13.7. The number of likely N-dealkylation sites (tertiary alicyclic amines) is 1. The SMILES string of the molecule is C=C(N)CN1CCC[C@H](c2nc3ccccc3n2[C@H]2C[C@H]3CCC[C@@H](C2)N3[C@@H]2C[C@@H]3CCCC[C@@H](C3)C2)C1. The van der Waals surface area contributed by atoms with E-state index in [9.17, 15) is 0 Å². The fourth-order valence-corrected chi connectivity index (χ4v) is 9.74. The minimum Gasteiger partial charge on any atom is -0.401 e. The molecule has 7 rings (SSSR count). The molecule has 0 unspecified atom stereocenters. The number of imidazole rings is 1. The molecular formula is C33H49N5. The average Bonchev–Trinajstić information content (AvgIpc) is 3.21. The molecule has 0 amide bonds. The predicted octanol–water partition coefficient (Wildman–Crippen LogP) is 6.61. The largest absolute Gasteiger partial charge is 0.401 e. The van der Waals surface area contributed by atoms with Crippen LogP contribution in [0.1, 0.15) is 108 Å². The fourth-order valence-electron chi connectivity index (χ4n) is 9.74. The average molecular weight is 516 g/mol. The summed E-state index contributed by atoms with van der Waals surface area (Å²) in [6.45, 7) is 6.97. The molecule has 38 heavy (non-hydrogen) atoms. The van der Waals surface area contributed by atoms with Crippen LogP contribution in [0.3, 0.4) is 0 Å². The number of benzene rings is 1. The Labute approximate surface area is 229 Å². The topological polar surface area (TPSA) is 50.3 Å². The number of piperidine rings is 3. The summed E-state index contributed by atoms with van der Waals surface area (Å²) in [5, 5.41) is 0. The smallest absolute Gasteiger partial charge is 0.114 e. The molecule has 5 fully saturated rings. The molecule has 7 atom stereocenters. The van der Waals surface area contributed by atoms with Gasteiger partial charge in [0.15, 0.2) is 0 Å². The van der Waals surface area contributed by atoms with Crippen molar-refractivity contribution in [2.75, 3.05) is 19.6 Å². The molecule has 1 aromatic heterocycles. The van der Waals surface area contributed by atoms with Gasteiger partial charge in [-0.15, -0.1) is 0 Å². The van der Waals surface area contributed by atoms with Gasteiger partial charge in [0.25, 0.3) is 0 Å². The second kappa shape index (κ2) is 10.6. The lowest BCUT2D eigenvalue weighted by Gasteiger charge is -2.55. The monoisotopic (exact) mass is 515 g/mol. The standard InChI is InChI=1S/C33H49N5/c1-23(34)21-36-15-7-10-26(22-36)33-35-31-13-4-5-14-32(31)38(33)30-19-27-11-6-12-28(20-30)37(27)29-17-24-8-2-3-9-25(16-24)18-29/h4-5,13-14,24-30H,1-3,6-12,15-22,34H2/t24-,25+,26-,27-,28+,29-,30+/m0/s1. The Balaban J connectivity index is 1.17. The molecule has 5 aliphatic rings. The maximum Gasteiger partial charge on any atom is 0.114 e. The Kier molecular flexibility index (Phi) is 7.02. The third kappa shape index (κ3) is 4.83. The van der Waals surface area contributed by atoms with Crippen molar-refractivity contribution >= 4 is 11.0 Å². The first-order valence-electron chi connectivity index (χ1n) is 16.0. The summed E-state index contributed by atoms with van der Waals surface area (Å²) in [6, 6.07) is 11.9. The number of nitrogens with two attached hydrogens (primary N) is 1. The van der Waals surface area contributed by atoms with E-state index in [-0.39, 0.29) is 0 Å². The summed E-state index contributed by atoms with van der Waals surface area (Å²) in [6.07, 6.45) is 19.8. The van der Waals surface area contributed by atoms with E-state index in [1.807, 2.05) is 0 Å². The third-order valence-corrected chi connectivity index (χ3v) is 11.1. The lowest BCUT2D eigenvalue weighted by Crippen LogP contribution is -2.58. The summed E-state index contributed by atoms with van der Waals surface area (Å²) in [4.78, 5) is 11.0. The zero-order valence-electron chi connectivity index (χ0n) is 23.4. The van der Waals surface area contributed by atoms with E-state index in [2.05, 4.69) is 45.2 Å². The molecule has 206 valence electrons. The molecule has 0 spiro atoms. The number of fused-ring (bicyclic) bond motifs is 5. The summed E-state index contributed by atoms with van der Waals surface area (Å²) < 4.78 is 2.74. The van der Waals surface area contributed by atoms with Gasteiger partial charge in [-0.2, -0.15) is 0 Å². The van der Waals surface area contributed by atoms with Crippen LogP contribution in [-0.2, 0) is 0 Å². The van der Waals surface area contributed by atoms with Gasteiger partial charge in [0.05, 0.1) is 11.0 Å². The van der Waals surface area contributed by atoms with Crippen molar-refractivity contribution in [2.24, 2.45) is 17.6 Å². The van der Waals surface area contributed by atoms with Crippen molar-refractivity contribution in [1.82, 2.24) is 19.4 Å². The fraction of sp³-hybridized carbons (Fsp3) is 0.727. The molecule has 1 aromatic carbocycles. The van der Waals surface area contributed by atoms with Crippen molar-refractivity contribution in [2.45, 2.75) is 120 Å². The van der Waals surface area contributed by atoms with Crippen molar-refractivity contribution in [1.29, 1.82) is 0 Å². The van der Waals surface area contributed by atoms with Crippen molar-refractivity contribution < 1.29 is 0 Å². The second-order valence-electron chi connectivity index (χ2n) is 13.7. The molecule has 5 nitrogen and oxygen atoms in total. The van der Waals surface area contributed by atoms with Crippen molar-refractivity contribution in [3.05, 3.63) is 42.4 Å². The lowest BCUT2D eigenvalue weighted by molar-refractivity contribution is -0.0422. The Morgan fingerprint density at radius 1 is 0.816 bits per heavy atom. The zero-order chi connectivity index (χ0) is 25.6. The molecular weight excluding hydrogens is 466 g/mol. The molecule has 4 heterocycles. The summed E-state index contributed by atoms with van der Waals surface area (Å²) in [5.41, 5.74) is 9.35. The van der Waals surface area contributed by atoms with Gasteiger partial charge < -0.3 is 10.3 Å². The van der Waals surface area contributed by atoms with Gasteiger partial charge in [-0.25, -0.2) is 4.98 Å². The summed E-state index contributed by atoms with van der Waals surface area (Å²) in [7, 11) is 0. The van der Waals surface area contributed by atoms with E-state index in [1.165, 1.54) is 107 Å². The summed E-state index contributed by atoms with van der Waals surface area (Å²) >= 11 is 0. The number of rotatable bonds is 5. The first kappa shape index (κ1) is 25.1. The van der Waals surface area contributed by atoms with Crippen LogP contribution < -0.4 is 5.73 Å². The number of hydrogen-bond donors (Lipinski definition) is 1. The van der Waals surface area contributed by atoms with Crippen LogP contribution in [0.4, 0.5) is 0 Å². The minimum absolute atomic E-state index is 0.481. The minimum atomic E-state index is 0.481. The highest BCUT2D eigenvalue weighted by Crippen LogP contribution is 2.48. The zero-order valence-corrected chi connectivity index (χ0v) is 23.4. The number of nitrogens with zero attached hydrogens (tertiary/aromatic N) is 4. The maximum atomic E-state index is 6.02. The lowest BCUT2D eigenvalue weighted by atomic mass is 9.73. The van der Waals surface area contributed by atoms with E-state index in [4.69, 9.17) is 10.7 Å². The Morgan fingerprint density at radius 2 is 1.55 bits per heavy atom.